The number of anilines is 1. The molecule has 5 heteroatoms. The molecule has 0 saturated heterocycles. The van der Waals surface area contributed by atoms with E-state index in [4.69, 9.17) is 0 Å². The van der Waals surface area contributed by atoms with Crippen molar-refractivity contribution in [1.82, 2.24) is 9.55 Å². The highest BCUT2D eigenvalue weighted by atomic mass is 16.4. The molecular weight excluding hydrogens is 242 g/mol. The number of rotatable bonds is 2. The van der Waals surface area contributed by atoms with Gasteiger partial charge in [-0.1, -0.05) is 24.3 Å². The van der Waals surface area contributed by atoms with Crippen molar-refractivity contribution in [3.8, 4) is 0 Å². The highest BCUT2D eigenvalue weighted by Gasteiger charge is 2.31. The summed E-state index contributed by atoms with van der Waals surface area (Å²) in [5, 5.41) is 9.42. The Morgan fingerprint density at radius 2 is 2.21 bits per heavy atom. The monoisotopic (exact) mass is 257 g/mol. The topological polar surface area (TPSA) is 58.4 Å². The van der Waals surface area contributed by atoms with Crippen molar-refractivity contribution in [2.45, 2.75) is 12.5 Å². The molecule has 1 aromatic heterocycles. The number of carboxylic acid groups (broad SMARTS) is 1. The van der Waals surface area contributed by atoms with E-state index in [9.17, 15) is 9.90 Å². The first-order valence-corrected chi connectivity index (χ1v) is 6.19. The van der Waals surface area contributed by atoms with Gasteiger partial charge in [-0.3, -0.25) is 4.79 Å². The van der Waals surface area contributed by atoms with Gasteiger partial charge in [0.05, 0.1) is 5.92 Å². The molecule has 0 radical (unpaired) electrons. The molecule has 1 aromatic carbocycles. The van der Waals surface area contributed by atoms with Gasteiger partial charge in [0.2, 0.25) is 5.95 Å². The van der Waals surface area contributed by atoms with E-state index in [-0.39, 0.29) is 0 Å². The predicted molar refractivity (Wildman–Crippen MR) is 71.1 cm³/mol. The normalized spacial score (nSPS) is 18.2. The second-order valence-corrected chi connectivity index (χ2v) is 4.81. The molecule has 0 fully saturated rings. The van der Waals surface area contributed by atoms with E-state index in [1.54, 1.807) is 6.20 Å². The molecule has 1 aliphatic heterocycles. The quantitative estimate of drug-likeness (QED) is 0.888. The fourth-order valence-corrected chi connectivity index (χ4v) is 2.63. The third-order valence-corrected chi connectivity index (χ3v) is 3.57. The van der Waals surface area contributed by atoms with Gasteiger partial charge in [0.1, 0.15) is 0 Å². The summed E-state index contributed by atoms with van der Waals surface area (Å²) in [7, 11) is 1.92. The van der Waals surface area contributed by atoms with E-state index in [0.717, 1.165) is 17.1 Å². The van der Waals surface area contributed by atoms with Crippen LogP contribution >= 0.6 is 0 Å². The summed E-state index contributed by atoms with van der Waals surface area (Å²) in [4.78, 5) is 17.8. The Labute approximate surface area is 111 Å². The lowest BCUT2D eigenvalue weighted by Crippen LogP contribution is -2.38. The average molecular weight is 257 g/mol. The van der Waals surface area contributed by atoms with E-state index in [0.29, 0.717) is 13.1 Å². The Kier molecular flexibility index (Phi) is 2.74. The molecule has 0 spiro atoms. The van der Waals surface area contributed by atoms with E-state index in [2.05, 4.69) is 4.98 Å². The number of imidazole rings is 1. The maximum absolute atomic E-state index is 11.5. The zero-order valence-corrected chi connectivity index (χ0v) is 10.7. The van der Waals surface area contributed by atoms with Crippen molar-refractivity contribution >= 4 is 11.9 Å². The SMILES string of the molecule is Cn1ccnc1N1Cc2ccccc2C(C(=O)O)C1. The molecule has 0 saturated carbocycles. The lowest BCUT2D eigenvalue weighted by molar-refractivity contribution is -0.138. The Balaban J connectivity index is 2.02. The number of aromatic nitrogens is 2. The Bertz CT molecular complexity index is 621. The van der Waals surface area contributed by atoms with Gasteiger partial charge < -0.3 is 14.6 Å². The summed E-state index contributed by atoms with van der Waals surface area (Å²) in [6.45, 7) is 1.15. The molecule has 2 aromatic rings. The van der Waals surface area contributed by atoms with Crippen LogP contribution in [0, 0.1) is 0 Å². The van der Waals surface area contributed by atoms with Crippen LogP contribution in [0.15, 0.2) is 36.7 Å². The molecule has 5 nitrogen and oxygen atoms in total. The molecule has 3 rings (SSSR count). The van der Waals surface area contributed by atoms with Crippen LogP contribution in [0.3, 0.4) is 0 Å². The minimum atomic E-state index is -0.786. The molecule has 1 aliphatic rings. The number of nitrogens with zero attached hydrogens (tertiary/aromatic N) is 3. The number of hydrogen-bond acceptors (Lipinski definition) is 3. The summed E-state index contributed by atoms with van der Waals surface area (Å²) >= 11 is 0. The summed E-state index contributed by atoms with van der Waals surface area (Å²) in [6.07, 6.45) is 3.59. The number of fused-ring (bicyclic) bond motifs is 1. The molecule has 1 atom stereocenters. The van der Waals surface area contributed by atoms with Crippen molar-refractivity contribution in [1.29, 1.82) is 0 Å². The smallest absolute Gasteiger partial charge is 0.312 e. The van der Waals surface area contributed by atoms with Crippen molar-refractivity contribution < 1.29 is 9.90 Å². The molecule has 1 unspecified atom stereocenters. The molecule has 19 heavy (non-hydrogen) atoms. The minimum absolute atomic E-state index is 0.456. The molecule has 0 aliphatic carbocycles. The first kappa shape index (κ1) is 11.8. The van der Waals surface area contributed by atoms with Crippen LogP contribution in [0.5, 0.6) is 0 Å². The lowest BCUT2D eigenvalue weighted by atomic mass is 9.90. The van der Waals surface area contributed by atoms with Crippen molar-refractivity contribution in [2.75, 3.05) is 11.4 Å². The third kappa shape index (κ3) is 1.97. The minimum Gasteiger partial charge on any atom is -0.481 e. The summed E-state index contributed by atoms with van der Waals surface area (Å²) in [5.41, 5.74) is 1.98. The number of carboxylic acids is 1. The van der Waals surface area contributed by atoms with Gasteiger partial charge >= 0.3 is 5.97 Å². The first-order chi connectivity index (χ1) is 9.16. The zero-order chi connectivity index (χ0) is 13.4. The largest absolute Gasteiger partial charge is 0.481 e. The zero-order valence-electron chi connectivity index (χ0n) is 10.7. The van der Waals surface area contributed by atoms with Crippen LogP contribution in [0.25, 0.3) is 0 Å². The summed E-state index contributed by atoms with van der Waals surface area (Å²) < 4.78 is 1.91. The second kappa shape index (κ2) is 4.42. The van der Waals surface area contributed by atoms with Gasteiger partial charge in [-0.25, -0.2) is 4.98 Å². The number of benzene rings is 1. The third-order valence-electron chi connectivity index (χ3n) is 3.57. The van der Waals surface area contributed by atoms with E-state index in [1.807, 2.05) is 47.0 Å². The van der Waals surface area contributed by atoms with Gasteiger partial charge in [-0.2, -0.15) is 0 Å². The molecule has 98 valence electrons. The van der Waals surface area contributed by atoms with Crippen molar-refractivity contribution in [3.63, 3.8) is 0 Å². The van der Waals surface area contributed by atoms with Crippen LogP contribution in [0.1, 0.15) is 17.0 Å². The molecule has 2 heterocycles. The van der Waals surface area contributed by atoms with Gasteiger partial charge in [0.25, 0.3) is 0 Å². The van der Waals surface area contributed by atoms with Crippen LogP contribution < -0.4 is 4.90 Å². The summed E-state index contributed by atoms with van der Waals surface area (Å²) in [5.74, 6) is -0.478. The number of hydrogen-bond donors (Lipinski definition) is 1. The van der Waals surface area contributed by atoms with Gasteiger partial charge in [0.15, 0.2) is 0 Å². The van der Waals surface area contributed by atoms with Crippen LogP contribution in [-0.2, 0) is 18.4 Å². The highest BCUT2D eigenvalue weighted by molar-refractivity contribution is 5.78. The van der Waals surface area contributed by atoms with E-state index < -0.39 is 11.9 Å². The van der Waals surface area contributed by atoms with E-state index in [1.165, 1.54) is 0 Å². The molecule has 0 bridgehead atoms. The maximum Gasteiger partial charge on any atom is 0.312 e. The highest BCUT2D eigenvalue weighted by Crippen LogP contribution is 2.30. The fraction of sp³-hybridized carbons (Fsp3) is 0.286. The maximum atomic E-state index is 11.5. The average Bonchev–Trinajstić information content (AvgIpc) is 2.83. The van der Waals surface area contributed by atoms with Crippen LogP contribution in [-0.4, -0.2) is 27.2 Å². The standard InChI is InChI=1S/C14H15N3O2/c1-16-7-6-15-14(16)17-8-10-4-2-3-5-11(10)12(9-17)13(18)19/h2-7,12H,8-9H2,1H3,(H,18,19). The lowest BCUT2D eigenvalue weighted by Gasteiger charge is -2.33. The van der Waals surface area contributed by atoms with Crippen LogP contribution in [0.4, 0.5) is 5.95 Å². The Hall–Kier alpha value is -2.30. The first-order valence-electron chi connectivity index (χ1n) is 6.19. The van der Waals surface area contributed by atoms with Crippen molar-refractivity contribution in [2.24, 2.45) is 7.05 Å². The van der Waals surface area contributed by atoms with Crippen LogP contribution in [0.2, 0.25) is 0 Å². The Morgan fingerprint density at radius 1 is 1.42 bits per heavy atom. The number of carbonyl (C=O) groups is 1. The van der Waals surface area contributed by atoms with Gasteiger partial charge in [0, 0.05) is 32.5 Å². The summed E-state index contributed by atoms with van der Waals surface area (Å²) in [6, 6.07) is 7.73. The molecular formula is C14H15N3O2. The van der Waals surface area contributed by atoms with Gasteiger partial charge in [-0.15, -0.1) is 0 Å². The van der Waals surface area contributed by atoms with Gasteiger partial charge in [-0.05, 0) is 11.1 Å². The molecule has 0 amide bonds. The number of aryl methyl sites for hydroxylation is 1. The Morgan fingerprint density at radius 3 is 2.89 bits per heavy atom. The van der Waals surface area contributed by atoms with E-state index >= 15 is 0 Å². The number of aliphatic carboxylic acids is 1. The van der Waals surface area contributed by atoms with Crippen molar-refractivity contribution in [3.05, 3.63) is 47.8 Å². The molecule has 1 N–H and O–H groups in total. The fourth-order valence-electron chi connectivity index (χ4n) is 2.63. The predicted octanol–water partition coefficient (Wildman–Crippen LogP) is 1.61. The second-order valence-electron chi connectivity index (χ2n) is 4.81.